The predicted octanol–water partition coefficient (Wildman–Crippen LogP) is 7.33. The minimum Gasteiger partial charge on any atom is -0.484 e. The summed E-state index contributed by atoms with van der Waals surface area (Å²) in [6.07, 6.45) is -1.55. The summed E-state index contributed by atoms with van der Waals surface area (Å²) in [6, 6.07) is 9.15. The zero-order valence-electron chi connectivity index (χ0n) is 24.6. The van der Waals surface area contributed by atoms with Crippen molar-refractivity contribution < 1.29 is 41.7 Å². The van der Waals surface area contributed by atoms with Gasteiger partial charge in [-0.2, -0.15) is 0 Å². The van der Waals surface area contributed by atoms with Crippen molar-refractivity contribution in [3.8, 4) is 40.1 Å². The van der Waals surface area contributed by atoms with Crippen molar-refractivity contribution in [2.24, 2.45) is 5.41 Å². The minimum atomic E-state index is -4.82. The minimum absolute atomic E-state index is 0.0576. The summed E-state index contributed by atoms with van der Waals surface area (Å²) in [6.45, 7) is 10.7. The van der Waals surface area contributed by atoms with E-state index in [-0.39, 0.29) is 36.1 Å². The normalized spacial score (nSPS) is 12.0. The van der Waals surface area contributed by atoms with Gasteiger partial charge in [-0.1, -0.05) is 6.07 Å². The molecule has 12 heteroatoms. The number of aromatic nitrogens is 3. The number of aliphatic carboxylic acids is 1. The molecule has 0 aliphatic carbocycles. The summed E-state index contributed by atoms with van der Waals surface area (Å²) in [4.78, 5) is 24.6. The number of carboxylic acid groups (broad SMARTS) is 1. The molecule has 4 aromatic rings. The number of benzene rings is 2. The molecule has 0 amide bonds. The Morgan fingerprint density at radius 3 is 2.23 bits per heavy atom. The highest BCUT2D eigenvalue weighted by atomic mass is 19.4. The van der Waals surface area contributed by atoms with Gasteiger partial charge in [0.2, 0.25) is 5.89 Å². The van der Waals surface area contributed by atoms with Gasteiger partial charge in [-0.25, -0.2) is 15.0 Å². The van der Waals surface area contributed by atoms with E-state index in [0.717, 1.165) is 16.7 Å². The van der Waals surface area contributed by atoms with Crippen molar-refractivity contribution >= 4 is 5.97 Å². The summed E-state index contributed by atoms with van der Waals surface area (Å²) in [5, 5.41) is 9.52. The van der Waals surface area contributed by atoms with E-state index in [1.807, 2.05) is 39.8 Å². The topological polar surface area (TPSA) is 117 Å². The van der Waals surface area contributed by atoms with E-state index in [2.05, 4.69) is 19.7 Å². The molecule has 0 unspecified atom stereocenters. The van der Waals surface area contributed by atoms with Crippen LogP contribution in [0, 0.1) is 19.3 Å². The van der Waals surface area contributed by atoms with Crippen LogP contribution in [0.25, 0.3) is 22.6 Å². The van der Waals surface area contributed by atoms with Crippen LogP contribution in [-0.2, 0) is 17.8 Å². The van der Waals surface area contributed by atoms with E-state index in [1.54, 1.807) is 13.8 Å². The van der Waals surface area contributed by atoms with Crippen LogP contribution in [-0.4, -0.2) is 38.5 Å². The zero-order valence-corrected chi connectivity index (χ0v) is 24.6. The number of hydrogen-bond acceptors (Lipinski definition) is 8. The molecule has 0 spiro atoms. The van der Waals surface area contributed by atoms with Gasteiger partial charge in [0, 0.05) is 23.5 Å². The highest BCUT2D eigenvalue weighted by Crippen LogP contribution is 2.35. The third-order valence-electron chi connectivity index (χ3n) is 6.46. The Hall–Kier alpha value is -4.61. The van der Waals surface area contributed by atoms with E-state index in [1.165, 1.54) is 36.7 Å². The Kier molecular flexibility index (Phi) is 8.98. The van der Waals surface area contributed by atoms with Crippen molar-refractivity contribution in [1.82, 2.24) is 15.0 Å². The Morgan fingerprint density at radius 2 is 1.65 bits per heavy atom. The second-order valence-electron chi connectivity index (χ2n) is 11.0. The van der Waals surface area contributed by atoms with E-state index < -0.39 is 17.7 Å². The van der Waals surface area contributed by atoms with Gasteiger partial charge in [0.05, 0.1) is 11.5 Å². The molecule has 0 saturated heterocycles. The van der Waals surface area contributed by atoms with E-state index >= 15 is 0 Å². The molecule has 2 aromatic heterocycles. The smallest absolute Gasteiger partial charge is 0.484 e. The maximum atomic E-state index is 12.7. The number of carbonyl (C=O) groups is 1. The van der Waals surface area contributed by atoms with Crippen LogP contribution in [0.3, 0.4) is 0 Å². The second kappa shape index (κ2) is 12.3. The first-order chi connectivity index (χ1) is 20.1. The van der Waals surface area contributed by atoms with Crippen LogP contribution in [0.2, 0.25) is 0 Å². The molecule has 9 nitrogen and oxygen atoms in total. The molecule has 0 aliphatic heterocycles. The van der Waals surface area contributed by atoms with Crippen LogP contribution < -0.4 is 14.2 Å². The number of alkyl halides is 3. The Morgan fingerprint density at radius 1 is 1.00 bits per heavy atom. The summed E-state index contributed by atoms with van der Waals surface area (Å²) < 4.78 is 59.6. The van der Waals surface area contributed by atoms with Crippen molar-refractivity contribution in [3.05, 3.63) is 71.4 Å². The first-order valence-corrected chi connectivity index (χ1v) is 13.4. The molecule has 2 aromatic carbocycles. The summed E-state index contributed by atoms with van der Waals surface area (Å²) in [5.41, 5.74) is 2.97. The summed E-state index contributed by atoms with van der Waals surface area (Å²) in [7, 11) is 0. The monoisotopic (exact) mass is 599 g/mol. The first-order valence-electron chi connectivity index (χ1n) is 13.4. The van der Waals surface area contributed by atoms with Crippen LogP contribution in [0.1, 0.15) is 50.3 Å². The molecule has 43 heavy (non-hydrogen) atoms. The zero-order chi connectivity index (χ0) is 31.5. The molecule has 4 rings (SSSR count). The maximum absolute atomic E-state index is 12.7. The van der Waals surface area contributed by atoms with Gasteiger partial charge >= 0.3 is 18.3 Å². The number of nitrogens with zero attached hydrogens (tertiary/aromatic N) is 3. The number of aryl methyl sites for hydroxylation is 2. The van der Waals surface area contributed by atoms with Crippen LogP contribution >= 0.6 is 0 Å². The van der Waals surface area contributed by atoms with E-state index in [9.17, 15) is 23.1 Å². The molecule has 0 aliphatic rings. The lowest BCUT2D eigenvalue weighted by Crippen LogP contribution is -2.26. The average Bonchev–Trinajstić information content (AvgIpc) is 3.33. The molecule has 2 heterocycles. The molecule has 0 radical (unpaired) electrons. The number of oxazole rings is 1. The average molecular weight is 600 g/mol. The largest absolute Gasteiger partial charge is 0.573 e. The highest BCUT2D eigenvalue weighted by molar-refractivity contribution is 5.76. The Bertz CT molecular complexity index is 1580. The fraction of sp³-hybridized carbons (Fsp3) is 0.355. The quantitative estimate of drug-likeness (QED) is 0.189. The van der Waals surface area contributed by atoms with Gasteiger partial charge < -0.3 is 23.7 Å². The molecule has 0 fully saturated rings. The number of ether oxygens (including phenoxy) is 3. The van der Waals surface area contributed by atoms with Gasteiger partial charge in [0.25, 0.3) is 0 Å². The predicted molar refractivity (Wildman–Crippen MR) is 151 cm³/mol. The third-order valence-corrected chi connectivity index (χ3v) is 6.46. The summed E-state index contributed by atoms with van der Waals surface area (Å²) in [5.74, 6) is -0.202. The lowest BCUT2D eigenvalue weighted by atomic mass is 9.84. The van der Waals surface area contributed by atoms with Crippen molar-refractivity contribution in [3.63, 3.8) is 0 Å². The van der Waals surface area contributed by atoms with Gasteiger partial charge in [-0.05, 0) is 95.0 Å². The maximum Gasteiger partial charge on any atom is 0.573 e. The number of halogens is 3. The third kappa shape index (κ3) is 8.02. The standard InChI is InChI=1S/C31H32F3N3O6/c1-17(2)41-29-35-14-22(15-36-29)26-27(20-7-9-23(10-8-20)43-31(32,33)34)42-25(37-26)16-40-24-12-18(3)21(11-19(24)4)13-30(5,6)28(38)39/h7-12,14-15,17H,13,16H2,1-6H3,(H,38,39). The van der Waals surface area contributed by atoms with Gasteiger partial charge in [0.1, 0.15) is 17.2 Å². The summed E-state index contributed by atoms with van der Waals surface area (Å²) >= 11 is 0. The van der Waals surface area contributed by atoms with Gasteiger partial charge in [-0.3, -0.25) is 4.79 Å². The molecule has 228 valence electrons. The van der Waals surface area contributed by atoms with Crippen LogP contribution in [0.15, 0.2) is 53.2 Å². The molecule has 1 N–H and O–H groups in total. The van der Waals surface area contributed by atoms with Crippen molar-refractivity contribution in [1.29, 1.82) is 0 Å². The molecule has 0 bridgehead atoms. The molecule has 0 saturated carbocycles. The molecular weight excluding hydrogens is 567 g/mol. The first kappa shape index (κ1) is 31.3. The Balaban J connectivity index is 1.63. The van der Waals surface area contributed by atoms with Crippen molar-refractivity contribution in [2.75, 3.05) is 0 Å². The number of hydrogen-bond donors (Lipinski definition) is 1. The molecular formula is C31H32F3N3O6. The van der Waals surface area contributed by atoms with Crippen molar-refractivity contribution in [2.45, 2.75) is 67.0 Å². The Labute approximate surface area is 246 Å². The van der Waals surface area contributed by atoms with Crippen LogP contribution in [0.4, 0.5) is 13.2 Å². The highest BCUT2D eigenvalue weighted by Gasteiger charge is 2.31. The van der Waals surface area contributed by atoms with Gasteiger partial charge in [-0.15, -0.1) is 13.2 Å². The van der Waals surface area contributed by atoms with E-state index in [4.69, 9.17) is 13.9 Å². The lowest BCUT2D eigenvalue weighted by Gasteiger charge is -2.21. The second-order valence-corrected chi connectivity index (χ2v) is 11.0. The molecule has 0 atom stereocenters. The SMILES string of the molecule is Cc1cc(OCc2nc(-c3cnc(OC(C)C)nc3)c(-c3ccc(OC(F)(F)F)cc3)o2)c(C)cc1CC(C)(C)C(=O)O. The fourth-order valence-electron chi connectivity index (χ4n) is 4.22. The van der Waals surface area contributed by atoms with Gasteiger partial charge in [0.15, 0.2) is 12.4 Å². The lowest BCUT2D eigenvalue weighted by molar-refractivity contribution is -0.274. The fourth-order valence-corrected chi connectivity index (χ4v) is 4.22. The van der Waals surface area contributed by atoms with E-state index in [0.29, 0.717) is 29.0 Å². The van der Waals surface area contributed by atoms with Crippen LogP contribution in [0.5, 0.6) is 17.5 Å². The number of rotatable bonds is 11. The number of carboxylic acids is 1.